The van der Waals surface area contributed by atoms with E-state index in [9.17, 15) is 9.90 Å². The number of imidazole rings is 1. The molecule has 1 aliphatic heterocycles. The van der Waals surface area contributed by atoms with Gasteiger partial charge in [-0.2, -0.15) is 0 Å². The van der Waals surface area contributed by atoms with E-state index in [0.717, 1.165) is 12.2 Å². The number of aromatic nitrogens is 2. The predicted octanol–water partition coefficient (Wildman–Crippen LogP) is 0.585. The van der Waals surface area contributed by atoms with Crippen molar-refractivity contribution in [3.63, 3.8) is 0 Å². The molecule has 106 valence electrons. The second-order valence-corrected chi connectivity index (χ2v) is 5.37. The van der Waals surface area contributed by atoms with E-state index in [1.807, 2.05) is 40.7 Å². The Kier molecular flexibility index (Phi) is 3.42. The van der Waals surface area contributed by atoms with Gasteiger partial charge in [0.2, 0.25) is 5.91 Å². The molecule has 3 heterocycles. The number of amides is 1. The van der Waals surface area contributed by atoms with E-state index in [2.05, 4.69) is 10.3 Å². The second-order valence-electron chi connectivity index (χ2n) is 5.37. The Hall–Kier alpha value is -1.92. The quantitative estimate of drug-likeness (QED) is 0.859. The van der Waals surface area contributed by atoms with Crippen LogP contribution in [0.25, 0.3) is 5.65 Å². The smallest absolute Gasteiger partial charge is 0.225 e. The van der Waals surface area contributed by atoms with Crippen LogP contribution in [0.1, 0.15) is 6.42 Å². The highest BCUT2D eigenvalue weighted by atomic mass is 16.3. The van der Waals surface area contributed by atoms with E-state index in [-0.39, 0.29) is 11.8 Å². The summed E-state index contributed by atoms with van der Waals surface area (Å²) in [6, 6.07) is 5.67. The summed E-state index contributed by atoms with van der Waals surface area (Å²) < 4.78 is 1.83. The van der Waals surface area contributed by atoms with Crippen LogP contribution in [0.5, 0.6) is 0 Å². The van der Waals surface area contributed by atoms with Crippen LogP contribution in [-0.2, 0) is 4.79 Å². The SMILES string of the molecule is CN1C[C@@H](CC(=O)Nc2cnc3ccccn23)[C@H](O)C1. The molecule has 0 aromatic carbocycles. The third-order valence-electron chi connectivity index (χ3n) is 3.72. The van der Waals surface area contributed by atoms with Gasteiger partial charge < -0.3 is 15.3 Å². The first kappa shape index (κ1) is 13.1. The van der Waals surface area contributed by atoms with Gasteiger partial charge in [-0.1, -0.05) is 6.07 Å². The lowest BCUT2D eigenvalue weighted by molar-refractivity contribution is -0.117. The topological polar surface area (TPSA) is 69.9 Å². The molecule has 0 aliphatic carbocycles. The number of anilines is 1. The molecule has 20 heavy (non-hydrogen) atoms. The minimum atomic E-state index is -0.423. The Morgan fingerprint density at radius 2 is 2.35 bits per heavy atom. The molecule has 0 bridgehead atoms. The lowest BCUT2D eigenvalue weighted by Gasteiger charge is -2.12. The van der Waals surface area contributed by atoms with Crippen LogP contribution in [0.2, 0.25) is 0 Å². The molecule has 3 rings (SSSR count). The van der Waals surface area contributed by atoms with Gasteiger partial charge in [0, 0.05) is 31.6 Å². The zero-order valence-electron chi connectivity index (χ0n) is 11.4. The summed E-state index contributed by atoms with van der Waals surface area (Å²) in [5.41, 5.74) is 0.795. The number of nitrogens with zero attached hydrogens (tertiary/aromatic N) is 3. The molecule has 2 atom stereocenters. The maximum atomic E-state index is 12.1. The highest BCUT2D eigenvalue weighted by Gasteiger charge is 2.30. The molecule has 0 saturated carbocycles. The van der Waals surface area contributed by atoms with Crippen molar-refractivity contribution >= 4 is 17.4 Å². The zero-order chi connectivity index (χ0) is 14.1. The summed E-state index contributed by atoms with van der Waals surface area (Å²) in [6.45, 7) is 1.38. The zero-order valence-corrected chi connectivity index (χ0v) is 11.4. The van der Waals surface area contributed by atoms with Crippen LogP contribution >= 0.6 is 0 Å². The fraction of sp³-hybridized carbons (Fsp3) is 0.429. The predicted molar refractivity (Wildman–Crippen MR) is 75.4 cm³/mol. The molecule has 1 saturated heterocycles. The van der Waals surface area contributed by atoms with Crippen molar-refractivity contribution in [2.45, 2.75) is 12.5 Å². The van der Waals surface area contributed by atoms with Crippen LogP contribution in [0.15, 0.2) is 30.6 Å². The molecular formula is C14H18N4O2. The van der Waals surface area contributed by atoms with Crippen LogP contribution in [0.3, 0.4) is 0 Å². The molecular weight excluding hydrogens is 256 g/mol. The van der Waals surface area contributed by atoms with Crippen molar-refractivity contribution in [2.24, 2.45) is 5.92 Å². The Morgan fingerprint density at radius 3 is 3.10 bits per heavy atom. The van der Waals surface area contributed by atoms with Crippen molar-refractivity contribution in [2.75, 3.05) is 25.5 Å². The van der Waals surface area contributed by atoms with E-state index in [1.165, 1.54) is 0 Å². The van der Waals surface area contributed by atoms with Gasteiger partial charge in [0.05, 0.1) is 12.3 Å². The van der Waals surface area contributed by atoms with Gasteiger partial charge in [-0.3, -0.25) is 9.20 Å². The number of nitrogens with one attached hydrogen (secondary N) is 1. The Balaban J connectivity index is 1.67. The number of β-amino-alcohol motifs (C(OH)–C–C–N with tert-alkyl or cyclic N) is 1. The third kappa shape index (κ3) is 2.52. The summed E-state index contributed by atoms with van der Waals surface area (Å²) in [5, 5.41) is 12.7. The average molecular weight is 274 g/mol. The first-order valence-corrected chi connectivity index (χ1v) is 6.72. The van der Waals surface area contributed by atoms with Gasteiger partial charge in [-0.15, -0.1) is 0 Å². The lowest BCUT2D eigenvalue weighted by Crippen LogP contribution is -2.24. The van der Waals surface area contributed by atoms with E-state index < -0.39 is 6.10 Å². The summed E-state index contributed by atoms with van der Waals surface area (Å²) in [7, 11) is 1.95. The number of hydrogen-bond donors (Lipinski definition) is 2. The first-order chi connectivity index (χ1) is 9.63. The van der Waals surface area contributed by atoms with Gasteiger partial charge in [0.25, 0.3) is 0 Å². The molecule has 0 radical (unpaired) electrons. The van der Waals surface area contributed by atoms with Gasteiger partial charge in [-0.25, -0.2) is 4.98 Å². The normalized spacial score (nSPS) is 23.3. The number of carbonyl (C=O) groups excluding carboxylic acids is 1. The van der Waals surface area contributed by atoms with Gasteiger partial charge in [0.15, 0.2) is 0 Å². The largest absolute Gasteiger partial charge is 0.391 e. The van der Waals surface area contributed by atoms with Crippen molar-refractivity contribution in [1.82, 2.24) is 14.3 Å². The molecule has 6 nitrogen and oxygen atoms in total. The van der Waals surface area contributed by atoms with Crippen LogP contribution in [0.4, 0.5) is 5.82 Å². The third-order valence-corrected chi connectivity index (χ3v) is 3.72. The van der Waals surface area contributed by atoms with E-state index >= 15 is 0 Å². The monoisotopic (exact) mass is 274 g/mol. The molecule has 1 aliphatic rings. The first-order valence-electron chi connectivity index (χ1n) is 6.72. The number of carbonyl (C=O) groups is 1. The fourth-order valence-corrected chi connectivity index (χ4v) is 2.72. The maximum Gasteiger partial charge on any atom is 0.225 e. The highest BCUT2D eigenvalue weighted by molar-refractivity contribution is 5.90. The minimum absolute atomic E-state index is 0.000754. The Labute approximate surface area is 117 Å². The Morgan fingerprint density at radius 1 is 1.50 bits per heavy atom. The minimum Gasteiger partial charge on any atom is -0.391 e. The van der Waals surface area contributed by atoms with E-state index in [0.29, 0.717) is 18.8 Å². The molecule has 1 amide bonds. The Bertz CT molecular complexity index is 624. The molecule has 1 fully saturated rings. The van der Waals surface area contributed by atoms with Crippen LogP contribution in [-0.4, -0.2) is 51.5 Å². The summed E-state index contributed by atoms with van der Waals surface area (Å²) in [6.07, 6.45) is 3.40. The molecule has 2 N–H and O–H groups in total. The van der Waals surface area contributed by atoms with Crippen molar-refractivity contribution in [3.05, 3.63) is 30.6 Å². The number of likely N-dealkylation sites (tertiary alicyclic amines) is 1. The van der Waals surface area contributed by atoms with Crippen LogP contribution < -0.4 is 5.32 Å². The number of aliphatic hydroxyl groups is 1. The maximum absolute atomic E-state index is 12.1. The van der Waals surface area contributed by atoms with Crippen molar-refractivity contribution < 1.29 is 9.90 Å². The number of hydrogen-bond acceptors (Lipinski definition) is 4. The highest BCUT2D eigenvalue weighted by Crippen LogP contribution is 2.20. The van der Waals surface area contributed by atoms with Gasteiger partial charge in [-0.05, 0) is 19.2 Å². The van der Waals surface area contributed by atoms with Crippen molar-refractivity contribution in [3.8, 4) is 0 Å². The lowest BCUT2D eigenvalue weighted by atomic mass is 10.0. The number of likely N-dealkylation sites (N-methyl/N-ethyl adjacent to an activating group) is 1. The second kappa shape index (κ2) is 5.22. The molecule has 6 heteroatoms. The number of pyridine rings is 1. The van der Waals surface area contributed by atoms with Gasteiger partial charge >= 0.3 is 0 Å². The molecule has 0 unspecified atom stereocenters. The fourth-order valence-electron chi connectivity index (χ4n) is 2.72. The molecule has 2 aromatic heterocycles. The summed E-state index contributed by atoms with van der Waals surface area (Å²) >= 11 is 0. The summed E-state index contributed by atoms with van der Waals surface area (Å²) in [4.78, 5) is 18.3. The van der Waals surface area contributed by atoms with Gasteiger partial charge in [0.1, 0.15) is 11.5 Å². The standard InChI is InChI=1S/C14H18N4O2/c1-17-8-10(11(19)9-17)6-14(20)16-13-7-15-12-4-2-3-5-18(12)13/h2-5,7,10-11,19H,6,8-9H2,1H3,(H,16,20)/t10-,11-/m1/s1. The average Bonchev–Trinajstić information content (AvgIpc) is 2.94. The van der Waals surface area contributed by atoms with Crippen molar-refractivity contribution in [1.29, 1.82) is 0 Å². The number of aliphatic hydroxyl groups excluding tert-OH is 1. The molecule has 2 aromatic rings. The number of rotatable bonds is 3. The van der Waals surface area contributed by atoms with E-state index in [1.54, 1.807) is 6.20 Å². The molecule has 0 spiro atoms. The van der Waals surface area contributed by atoms with Crippen LogP contribution in [0, 0.1) is 5.92 Å². The van der Waals surface area contributed by atoms with E-state index in [4.69, 9.17) is 0 Å². The number of fused-ring (bicyclic) bond motifs is 1. The summed E-state index contributed by atoms with van der Waals surface area (Å²) in [5.74, 6) is 0.570.